The Balaban J connectivity index is 2.05. The van der Waals surface area contributed by atoms with E-state index < -0.39 is 18.0 Å². The van der Waals surface area contributed by atoms with E-state index in [4.69, 9.17) is 23.2 Å². The van der Waals surface area contributed by atoms with Crippen LogP contribution in [0.15, 0.2) is 48.7 Å². The first-order chi connectivity index (χ1) is 12.4. The molecule has 3 aromatic rings. The molecule has 1 N–H and O–H groups in total. The van der Waals surface area contributed by atoms with Gasteiger partial charge in [0.25, 0.3) is 12.3 Å². The van der Waals surface area contributed by atoms with Crippen molar-refractivity contribution in [3.8, 4) is 11.1 Å². The minimum absolute atomic E-state index is 0.129. The number of amides is 1. The Bertz CT molecular complexity index is 959. The molecule has 0 saturated heterocycles. The molecule has 0 fully saturated rings. The molecule has 8 heteroatoms. The largest absolute Gasteiger partial charge is 0.320 e. The van der Waals surface area contributed by atoms with Crippen molar-refractivity contribution in [2.75, 3.05) is 5.32 Å². The lowest BCUT2D eigenvalue weighted by Gasteiger charge is -2.14. The number of halogens is 4. The Morgan fingerprint density at radius 2 is 1.85 bits per heavy atom. The van der Waals surface area contributed by atoms with Crippen LogP contribution in [0.2, 0.25) is 10.0 Å². The van der Waals surface area contributed by atoms with E-state index >= 15 is 0 Å². The molecule has 0 atom stereocenters. The number of hydrogen-bond donors (Lipinski definition) is 1. The molecule has 0 saturated carbocycles. The molecule has 3 rings (SSSR count). The molecule has 26 heavy (non-hydrogen) atoms. The highest BCUT2D eigenvalue weighted by atomic mass is 35.5. The quantitative estimate of drug-likeness (QED) is 0.626. The van der Waals surface area contributed by atoms with Crippen LogP contribution in [0.3, 0.4) is 0 Å². The molecule has 0 aliphatic heterocycles. The molecule has 0 spiro atoms. The van der Waals surface area contributed by atoms with Crippen molar-refractivity contribution < 1.29 is 13.6 Å². The molecule has 134 valence electrons. The van der Waals surface area contributed by atoms with Crippen LogP contribution < -0.4 is 5.32 Å². The van der Waals surface area contributed by atoms with E-state index in [1.54, 1.807) is 12.1 Å². The zero-order chi connectivity index (χ0) is 18.8. The predicted octanol–water partition coefficient (Wildman–Crippen LogP) is 5.58. The summed E-state index contributed by atoms with van der Waals surface area (Å²) < 4.78 is 27.4. The third-order valence-corrected chi connectivity index (χ3v) is 4.53. The topological polar surface area (TPSA) is 46.9 Å². The van der Waals surface area contributed by atoms with Crippen molar-refractivity contribution in [1.82, 2.24) is 9.78 Å². The second-order valence-corrected chi connectivity index (χ2v) is 6.29. The first kappa shape index (κ1) is 18.4. The van der Waals surface area contributed by atoms with E-state index in [-0.39, 0.29) is 21.3 Å². The van der Waals surface area contributed by atoms with Crippen LogP contribution in [0.4, 0.5) is 14.5 Å². The third kappa shape index (κ3) is 3.57. The minimum Gasteiger partial charge on any atom is -0.320 e. The first-order valence-electron chi connectivity index (χ1n) is 7.55. The average molecular weight is 396 g/mol. The third-order valence-electron chi connectivity index (χ3n) is 3.73. The monoisotopic (exact) mass is 395 g/mol. The fourth-order valence-electron chi connectivity index (χ4n) is 2.55. The maximum atomic E-state index is 13.1. The predicted molar refractivity (Wildman–Crippen MR) is 98.0 cm³/mol. The number of nitrogens with zero attached hydrogens (tertiary/aromatic N) is 2. The van der Waals surface area contributed by atoms with Gasteiger partial charge in [-0.1, -0.05) is 59.6 Å². The minimum atomic E-state index is -2.87. The van der Waals surface area contributed by atoms with E-state index in [1.807, 2.05) is 30.3 Å². The number of carbonyl (C=O) groups is 1. The van der Waals surface area contributed by atoms with Crippen LogP contribution >= 0.6 is 23.2 Å². The van der Waals surface area contributed by atoms with Crippen LogP contribution in [0.5, 0.6) is 0 Å². The molecule has 1 heterocycles. The van der Waals surface area contributed by atoms with Crippen molar-refractivity contribution in [3.63, 3.8) is 0 Å². The summed E-state index contributed by atoms with van der Waals surface area (Å²) in [6.45, 7) is 0. The molecule has 0 aliphatic carbocycles. The second-order valence-electron chi connectivity index (χ2n) is 5.51. The summed E-state index contributed by atoms with van der Waals surface area (Å²) in [5.74, 6) is -0.741. The molecular formula is C18H13Cl2F2N3O. The van der Waals surface area contributed by atoms with E-state index in [0.29, 0.717) is 5.56 Å². The van der Waals surface area contributed by atoms with Crippen molar-refractivity contribution in [1.29, 1.82) is 0 Å². The van der Waals surface area contributed by atoms with Crippen LogP contribution in [0.25, 0.3) is 11.1 Å². The van der Waals surface area contributed by atoms with Crippen molar-refractivity contribution in [2.24, 2.45) is 7.05 Å². The summed E-state index contributed by atoms with van der Waals surface area (Å²) in [7, 11) is 1.46. The van der Waals surface area contributed by atoms with E-state index in [9.17, 15) is 13.6 Å². The standard InChI is InChI=1S/C18H13Cl2F2N3O/c1-25-9-12(16(24-25)17(21)22)18(26)23-15-11(7-8-13(19)14(15)20)10-5-3-2-4-6-10/h2-9,17H,1H3,(H,23,26). The highest BCUT2D eigenvalue weighted by molar-refractivity contribution is 6.44. The molecule has 4 nitrogen and oxygen atoms in total. The van der Waals surface area contributed by atoms with Gasteiger partial charge in [-0.05, 0) is 11.6 Å². The number of aryl methyl sites for hydroxylation is 1. The Labute approximate surface area is 158 Å². The van der Waals surface area contributed by atoms with Crippen LogP contribution in [0.1, 0.15) is 22.5 Å². The van der Waals surface area contributed by atoms with Gasteiger partial charge in [0.1, 0.15) is 5.69 Å². The van der Waals surface area contributed by atoms with Crippen LogP contribution in [-0.4, -0.2) is 15.7 Å². The van der Waals surface area contributed by atoms with E-state index in [0.717, 1.165) is 10.2 Å². The molecule has 0 radical (unpaired) electrons. The van der Waals surface area contributed by atoms with Gasteiger partial charge in [-0.2, -0.15) is 5.10 Å². The Kier molecular flexibility index (Phi) is 5.25. The van der Waals surface area contributed by atoms with Crippen LogP contribution in [0, 0.1) is 0 Å². The number of nitrogens with one attached hydrogen (secondary N) is 1. The molecular weight excluding hydrogens is 383 g/mol. The number of rotatable bonds is 4. The van der Waals surface area contributed by atoms with Gasteiger partial charge >= 0.3 is 0 Å². The maximum absolute atomic E-state index is 13.1. The summed E-state index contributed by atoms with van der Waals surface area (Å²) in [5, 5.41) is 6.61. The highest BCUT2D eigenvalue weighted by Crippen LogP contribution is 2.39. The fourth-order valence-corrected chi connectivity index (χ4v) is 2.92. The van der Waals surface area contributed by atoms with Gasteiger partial charge in [-0.15, -0.1) is 0 Å². The van der Waals surface area contributed by atoms with Gasteiger partial charge in [-0.3, -0.25) is 9.48 Å². The molecule has 2 aromatic carbocycles. The molecule has 0 bridgehead atoms. The van der Waals surface area contributed by atoms with Gasteiger partial charge in [-0.25, -0.2) is 8.78 Å². The lowest BCUT2D eigenvalue weighted by molar-refractivity contribution is 0.101. The van der Waals surface area contributed by atoms with Gasteiger partial charge in [0.2, 0.25) is 0 Å². The van der Waals surface area contributed by atoms with Gasteiger partial charge in [0.15, 0.2) is 0 Å². The Morgan fingerprint density at radius 3 is 2.50 bits per heavy atom. The second kappa shape index (κ2) is 7.43. The summed E-state index contributed by atoms with van der Waals surface area (Å²) >= 11 is 12.3. The number of carbonyl (C=O) groups excluding carboxylic acids is 1. The maximum Gasteiger partial charge on any atom is 0.282 e. The van der Waals surface area contributed by atoms with Gasteiger partial charge < -0.3 is 5.32 Å². The number of anilines is 1. The highest BCUT2D eigenvalue weighted by Gasteiger charge is 2.24. The van der Waals surface area contributed by atoms with Gasteiger partial charge in [0.05, 0.1) is 21.3 Å². The normalized spacial score (nSPS) is 11.0. The summed E-state index contributed by atoms with van der Waals surface area (Å²) in [6.07, 6.45) is -1.64. The summed E-state index contributed by atoms with van der Waals surface area (Å²) in [6, 6.07) is 12.5. The van der Waals surface area contributed by atoms with Crippen molar-refractivity contribution in [2.45, 2.75) is 6.43 Å². The van der Waals surface area contributed by atoms with Crippen LogP contribution in [-0.2, 0) is 7.05 Å². The van der Waals surface area contributed by atoms with Crippen molar-refractivity contribution in [3.05, 3.63) is 70.0 Å². The zero-order valence-electron chi connectivity index (χ0n) is 13.5. The smallest absolute Gasteiger partial charge is 0.282 e. The SMILES string of the molecule is Cn1cc(C(=O)Nc2c(-c3ccccc3)ccc(Cl)c2Cl)c(C(F)F)n1. The number of hydrogen-bond acceptors (Lipinski definition) is 2. The average Bonchev–Trinajstić information content (AvgIpc) is 3.02. The number of alkyl halides is 2. The Morgan fingerprint density at radius 1 is 1.15 bits per heavy atom. The van der Waals surface area contributed by atoms with E-state index in [1.165, 1.54) is 13.2 Å². The molecule has 0 unspecified atom stereocenters. The number of aromatic nitrogens is 2. The Hall–Kier alpha value is -2.44. The lowest BCUT2D eigenvalue weighted by atomic mass is 10.0. The first-order valence-corrected chi connectivity index (χ1v) is 8.30. The van der Waals surface area contributed by atoms with Gasteiger partial charge in [0, 0.05) is 18.8 Å². The fraction of sp³-hybridized carbons (Fsp3) is 0.111. The lowest BCUT2D eigenvalue weighted by Crippen LogP contribution is -2.14. The molecule has 1 amide bonds. The van der Waals surface area contributed by atoms with E-state index in [2.05, 4.69) is 10.4 Å². The van der Waals surface area contributed by atoms with Crippen molar-refractivity contribution >= 4 is 34.8 Å². The molecule has 0 aliphatic rings. The molecule has 1 aromatic heterocycles. The zero-order valence-corrected chi connectivity index (χ0v) is 15.0. The number of benzene rings is 2. The summed E-state index contributed by atoms with van der Waals surface area (Å²) in [4.78, 5) is 12.6. The summed E-state index contributed by atoms with van der Waals surface area (Å²) in [5.41, 5.74) is 0.846.